The predicted octanol–water partition coefficient (Wildman–Crippen LogP) is 6.02. The maximum absolute atomic E-state index is 12.4. The second-order valence-electron chi connectivity index (χ2n) is 14.3. The van der Waals surface area contributed by atoms with Gasteiger partial charge in [0.25, 0.3) is 0 Å². The van der Waals surface area contributed by atoms with Crippen LogP contribution in [-0.2, 0) is 25.7 Å². The van der Waals surface area contributed by atoms with Gasteiger partial charge in [0.15, 0.2) is 6.29 Å². The van der Waals surface area contributed by atoms with E-state index >= 15 is 0 Å². The molecule has 2 heterocycles. The fourth-order valence-electron chi connectivity index (χ4n) is 7.84. The van der Waals surface area contributed by atoms with Gasteiger partial charge in [0.1, 0.15) is 0 Å². The highest BCUT2D eigenvalue weighted by Crippen LogP contribution is 2.53. The Bertz CT molecular complexity index is 1270. The number of rotatable bonds is 12. The third-order valence-electron chi connectivity index (χ3n) is 9.48. The predicted molar refractivity (Wildman–Crippen MR) is 168 cm³/mol. The first-order valence-corrected chi connectivity index (χ1v) is 16.1. The maximum Gasteiger partial charge on any atom is 0.243 e. The molecule has 1 aliphatic carbocycles. The monoisotopic (exact) mass is 607 g/mol. The number of carbonyl (C=O) groups is 2. The Morgan fingerprint density at radius 2 is 1.59 bits per heavy atom. The van der Waals surface area contributed by atoms with Crippen LogP contribution in [0.2, 0.25) is 0 Å². The second kappa shape index (κ2) is 14.1. The minimum atomic E-state index is -0.536. The number of benzene rings is 2. The summed E-state index contributed by atoms with van der Waals surface area (Å²) in [6.07, 6.45) is 6.46. The van der Waals surface area contributed by atoms with E-state index in [1.807, 2.05) is 48.5 Å². The van der Waals surface area contributed by atoms with Gasteiger partial charge in [0.05, 0.1) is 18.8 Å². The molecule has 5 rings (SSSR count). The molecule has 3 aliphatic rings. The molecule has 2 bridgehead atoms. The summed E-state index contributed by atoms with van der Waals surface area (Å²) in [5.41, 5.74) is 5.90. The quantitative estimate of drug-likeness (QED) is 0.132. The fourth-order valence-corrected chi connectivity index (χ4v) is 7.84. The minimum absolute atomic E-state index is 0.00478. The molecular weight excluding hydrogens is 558 g/mol. The summed E-state index contributed by atoms with van der Waals surface area (Å²) in [4.78, 5) is 26.2. The van der Waals surface area contributed by atoms with E-state index in [-0.39, 0.29) is 31.1 Å². The molecule has 44 heavy (non-hydrogen) atoms. The molecule has 1 saturated carbocycles. The van der Waals surface area contributed by atoms with E-state index in [9.17, 15) is 14.7 Å². The summed E-state index contributed by atoms with van der Waals surface area (Å²) in [5, 5.41) is 21.0. The Balaban J connectivity index is 1.23. The van der Waals surface area contributed by atoms with Crippen LogP contribution >= 0.6 is 0 Å². The van der Waals surface area contributed by atoms with Gasteiger partial charge in [-0.3, -0.25) is 19.7 Å². The number of aliphatic hydroxyl groups excluding tert-OH is 1. The number of hydrogen-bond donors (Lipinski definition) is 4. The number of likely N-dealkylation sites (tertiary alicyclic amines) is 1. The summed E-state index contributed by atoms with van der Waals surface area (Å²) in [6, 6.07) is 16.2. The molecule has 9 nitrogen and oxygen atoms in total. The summed E-state index contributed by atoms with van der Waals surface area (Å²) >= 11 is 0. The first-order chi connectivity index (χ1) is 21.0. The van der Waals surface area contributed by atoms with Crippen molar-refractivity contribution in [2.45, 2.75) is 110 Å². The first kappa shape index (κ1) is 32.6. The topological polar surface area (TPSA) is 120 Å². The third kappa shape index (κ3) is 8.46. The summed E-state index contributed by atoms with van der Waals surface area (Å²) in [6.45, 7) is 9.25. The number of unbranched alkanes of at least 4 members (excludes halogenated alkanes) is 2. The molecule has 5 unspecified atom stereocenters. The number of nitrogens with zero attached hydrogens (tertiary/aromatic N) is 1. The highest BCUT2D eigenvalue weighted by atomic mass is 16.7. The van der Waals surface area contributed by atoms with Crippen molar-refractivity contribution in [3.05, 3.63) is 65.2 Å². The zero-order valence-electron chi connectivity index (χ0n) is 26.4. The zero-order chi connectivity index (χ0) is 31.3. The molecule has 2 amide bonds. The first-order valence-electron chi connectivity index (χ1n) is 16.1. The summed E-state index contributed by atoms with van der Waals surface area (Å²) < 4.78 is 13.2. The molecular formula is C35H49N3O6. The smallest absolute Gasteiger partial charge is 0.243 e. The van der Waals surface area contributed by atoms with Gasteiger partial charge in [-0.25, -0.2) is 5.48 Å². The number of aliphatic hydroxyl groups is 1. The van der Waals surface area contributed by atoms with Crippen LogP contribution in [0.1, 0.15) is 108 Å². The Kier molecular flexibility index (Phi) is 10.4. The van der Waals surface area contributed by atoms with Crippen LogP contribution in [0.3, 0.4) is 0 Å². The molecule has 2 aromatic rings. The maximum atomic E-state index is 12.4. The van der Waals surface area contributed by atoms with Crippen molar-refractivity contribution >= 4 is 17.5 Å². The lowest BCUT2D eigenvalue weighted by Gasteiger charge is -2.41. The summed E-state index contributed by atoms with van der Waals surface area (Å²) in [7, 11) is 0. The van der Waals surface area contributed by atoms with Gasteiger partial charge in [-0.1, -0.05) is 63.6 Å². The lowest BCUT2D eigenvalue weighted by Crippen LogP contribution is -2.42. The normalized spacial score (nSPS) is 28.0. The van der Waals surface area contributed by atoms with Crippen molar-refractivity contribution in [2.75, 3.05) is 18.4 Å². The number of amides is 2. The standard InChI is InChI=1S/C35H49N3O6/c1-34(2)18-28-19-35(3,22-34)23-38(28)20-29-17-30(25-11-9-24(21-39)10-12-25)44-33(43-29)26-13-15-27(16-14-26)36-31(40)7-5-4-6-8-32(41)37-42/h9-16,28-30,33,39,42H,4-8,17-23H2,1-3H3,(H,36,40)(H,37,41). The Morgan fingerprint density at radius 1 is 0.909 bits per heavy atom. The van der Waals surface area contributed by atoms with Crippen LogP contribution in [0, 0.1) is 10.8 Å². The number of anilines is 1. The van der Waals surface area contributed by atoms with E-state index in [1.165, 1.54) is 19.3 Å². The molecule has 0 aromatic heterocycles. The van der Waals surface area contributed by atoms with E-state index < -0.39 is 12.2 Å². The largest absolute Gasteiger partial charge is 0.392 e. The Hall–Kier alpha value is -2.82. The third-order valence-corrected chi connectivity index (χ3v) is 9.48. The van der Waals surface area contributed by atoms with E-state index in [1.54, 1.807) is 5.48 Å². The molecule has 240 valence electrons. The zero-order valence-corrected chi connectivity index (χ0v) is 26.4. The molecule has 3 fully saturated rings. The highest BCUT2D eigenvalue weighted by molar-refractivity contribution is 5.90. The lowest BCUT2D eigenvalue weighted by molar-refractivity contribution is -0.253. The van der Waals surface area contributed by atoms with Crippen molar-refractivity contribution < 1.29 is 29.4 Å². The van der Waals surface area contributed by atoms with Crippen LogP contribution in [0.4, 0.5) is 5.69 Å². The van der Waals surface area contributed by atoms with E-state index in [0.29, 0.717) is 41.8 Å². The molecule has 0 spiro atoms. The Labute approximate surface area is 261 Å². The second-order valence-corrected chi connectivity index (χ2v) is 14.3. The number of ether oxygens (including phenoxy) is 2. The van der Waals surface area contributed by atoms with Gasteiger partial charge >= 0.3 is 0 Å². The summed E-state index contributed by atoms with van der Waals surface area (Å²) in [5.74, 6) is -0.483. The highest BCUT2D eigenvalue weighted by Gasteiger charge is 2.50. The minimum Gasteiger partial charge on any atom is -0.392 e. The molecule has 5 atom stereocenters. The van der Waals surface area contributed by atoms with Gasteiger partial charge in [0, 0.05) is 49.6 Å². The van der Waals surface area contributed by atoms with Gasteiger partial charge in [-0.05, 0) is 66.2 Å². The van der Waals surface area contributed by atoms with Crippen LogP contribution in [0.5, 0.6) is 0 Å². The van der Waals surface area contributed by atoms with Crippen molar-refractivity contribution in [3.8, 4) is 0 Å². The molecule has 2 aliphatic heterocycles. The molecule has 2 aromatic carbocycles. The van der Waals surface area contributed by atoms with E-state index in [0.717, 1.165) is 42.6 Å². The number of hydroxylamine groups is 1. The number of nitrogens with one attached hydrogen (secondary N) is 2. The molecule has 4 N–H and O–H groups in total. The van der Waals surface area contributed by atoms with Crippen LogP contribution in [-0.4, -0.2) is 52.3 Å². The molecule has 2 saturated heterocycles. The average molecular weight is 608 g/mol. The molecule has 9 heteroatoms. The number of carbonyl (C=O) groups excluding carboxylic acids is 2. The number of fused-ring (bicyclic) bond motifs is 2. The van der Waals surface area contributed by atoms with Crippen LogP contribution in [0.15, 0.2) is 48.5 Å². The van der Waals surface area contributed by atoms with Crippen molar-refractivity contribution in [1.82, 2.24) is 10.4 Å². The van der Waals surface area contributed by atoms with Crippen LogP contribution < -0.4 is 10.8 Å². The van der Waals surface area contributed by atoms with Gasteiger partial charge in [-0.2, -0.15) is 0 Å². The lowest BCUT2D eigenvalue weighted by atomic mass is 9.65. The molecule has 0 radical (unpaired) electrons. The number of hydrogen-bond acceptors (Lipinski definition) is 7. The van der Waals surface area contributed by atoms with Crippen molar-refractivity contribution in [1.29, 1.82) is 0 Å². The fraction of sp³-hybridized carbons (Fsp3) is 0.600. The van der Waals surface area contributed by atoms with E-state index in [2.05, 4.69) is 31.0 Å². The van der Waals surface area contributed by atoms with Crippen LogP contribution in [0.25, 0.3) is 0 Å². The van der Waals surface area contributed by atoms with Gasteiger partial charge in [0.2, 0.25) is 11.8 Å². The van der Waals surface area contributed by atoms with Gasteiger partial charge in [-0.15, -0.1) is 0 Å². The Morgan fingerprint density at radius 3 is 2.27 bits per heavy atom. The van der Waals surface area contributed by atoms with E-state index in [4.69, 9.17) is 14.7 Å². The van der Waals surface area contributed by atoms with Crippen molar-refractivity contribution in [2.24, 2.45) is 10.8 Å². The SMILES string of the molecule is CC1(C)CC2CC(C)(CN2CC2CC(c3ccc(CO)cc3)OC(c3ccc(NC(=O)CCCCCC(=O)NO)cc3)O2)C1. The van der Waals surface area contributed by atoms with Crippen molar-refractivity contribution in [3.63, 3.8) is 0 Å². The van der Waals surface area contributed by atoms with Gasteiger partial charge < -0.3 is 19.9 Å². The average Bonchev–Trinajstić information content (AvgIpc) is 3.23.